The lowest BCUT2D eigenvalue weighted by Gasteiger charge is -2.25. The van der Waals surface area contributed by atoms with E-state index in [9.17, 15) is 4.79 Å². The van der Waals surface area contributed by atoms with Crippen LogP contribution in [0.2, 0.25) is 0 Å². The lowest BCUT2D eigenvalue weighted by atomic mass is 10.0. The zero-order valence-corrected chi connectivity index (χ0v) is 12.6. The quantitative estimate of drug-likeness (QED) is 0.854. The number of likely N-dealkylation sites (N-methyl/N-ethyl adjacent to an activating group) is 1. The van der Waals surface area contributed by atoms with E-state index < -0.39 is 0 Å². The summed E-state index contributed by atoms with van der Waals surface area (Å²) in [5, 5.41) is 6.48. The molecule has 20 heavy (non-hydrogen) atoms. The molecule has 0 bridgehead atoms. The van der Waals surface area contributed by atoms with Gasteiger partial charge in [0.15, 0.2) is 0 Å². The molecule has 1 fully saturated rings. The summed E-state index contributed by atoms with van der Waals surface area (Å²) in [6, 6.07) is 10.1. The molecule has 0 aromatic heterocycles. The maximum atomic E-state index is 12.4. The summed E-state index contributed by atoms with van der Waals surface area (Å²) in [5.74, 6) is 0.525. The summed E-state index contributed by atoms with van der Waals surface area (Å²) in [6.45, 7) is 3.87. The number of hydrogen-bond acceptors (Lipinski definition) is 3. The minimum atomic E-state index is -0.0524. The Morgan fingerprint density at radius 2 is 2.10 bits per heavy atom. The van der Waals surface area contributed by atoms with Crippen LogP contribution in [0.15, 0.2) is 30.3 Å². The van der Waals surface area contributed by atoms with Gasteiger partial charge in [0, 0.05) is 6.54 Å². The molecule has 0 radical (unpaired) electrons. The highest BCUT2D eigenvalue weighted by Gasteiger charge is 2.30. The van der Waals surface area contributed by atoms with Gasteiger partial charge >= 0.3 is 0 Å². The molecule has 1 amide bonds. The first-order valence-electron chi connectivity index (χ1n) is 7.31. The molecule has 110 valence electrons. The van der Waals surface area contributed by atoms with Gasteiger partial charge in [-0.05, 0) is 38.5 Å². The van der Waals surface area contributed by atoms with Crippen molar-refractivity contribution in [1.82, 2.24) is 15.5 Å². The summed E-state index contributed by atoms with van der Waals surface area (Å²) >= 11 is 0. The molecule has 3 unspecified atom stereocenters. The lowest BCUT2D eigenvalue weighted by Crippen LogP contribution is -2.46. The van der Waals surface area contributed by atoms with E-state index in [-0.39, 0.29) is 18.0 Å². The zero-order valence-electron chi connectivity index (χ0n) is 12.6. The zero-order chi connectivity index (χ0) is 14.5. The van der Waals surface area contributed by atoms with Crippen LogP contribution in [0.1, 0.15) is 24.9 Å². The molecule has 2 rings (SSSR count). The third kappa shape index (κ3) is 3.81. The Bertz CT molecular complexity index is 433. The molecule has 2 N–H and O–H groups in total. The van der Waals surface area contributed by atoms with Crippen LogP contribution >= 0.6 is 0 Å². The van der Waals surface area contributed by atoms with Crippen LogP contribution in [0.4, 0.5) is 0 Å². The van der Waals surface area contributed by atoms with E-state index in [1.165, 1.54) is 0 Å². The smallest absolute Gasteiger partial charge is 0.237 e. The molecule has 1 aromatic rings. The van der Waals surface area contributed by atoms with Crippen LogP contribution in [-0.2, 0) is 4.79 Å². The first-order chi connectivity index (χ1) is 9.58. The number of benzene rings is 1. The number of nitrogens with one attached hydrogen (secondary N) is 2. The van der Waals surface area contributed by atoms with Gasteiger partial charge in [-0.3, -0.25) is 4.79 Å². The molecule has 0 spiro atoms. The van der Waals surface area contributed by atoms with Gasteiger partial charge in [0.05, 0.1) is 12.1 Å². The minimum absolute atomic E-state index is 0.0355. The van der Waals surface area contributed by atoms with Crippen molar-refractivity contribution in [3.63, 3.8) is 0 Å². The number of rotatable bonds is 5. The van der Waals surface area contributed by atoms with Crippen LogP contribution in [0.3, 0.4) is 0 Å². The number of amides is 1. The summed E-state index contributed by atoms with van der Waals surface area (Å²) < 4.78 is 0. The van der Waals surface area contributed by atoms with Crippen molar-refractivity contribution in [3.05, 3.63) is 35.9 Å². The first kappa shape index (κ1) is 15.0. The van der Waals surface area contributed by atoms with Crippen molar-refractivity contribution in [3.8, 4) is 0 Å². The first-order valence-corrected chi connectivity index (χ1v) is 7.31. The van der Waals surface area contributed by atoms with Crippen molar-refractivity contribution < 1.29 is 4.79 Å². The molecule has 1 heterocycles. The SMILES string of the molecule is CC1CCNC1C(=O)NC(CN(C)C)c1ccccc1. The second kappa shape index (κ2) is 6.86. The van der Waals surface area contributed by atoms with Crippen molar-refractivity contribution in [2.75, 3.05) is 27.2 Å². The Hall–Kier alpha value is -1.39. The number of nitrogens with zero attached hydrogens (tertiary/aromatic N) is 1. The van der Waals surface area contributed by atoms with E-state index in [1.54, 1.807) is 0 Å². The minimum Gasteiger partial charge on any atom is -0.347 e. The highest BCUT2D eigenvalue weighted by atomic mass is 16.2. The fraction of sp³-hybridized carbons (Fsp3) is 0.562. The van der Waals surface area contributed by atoms with E-state index in [0.29, 0.717) is 5.92 Å². The van der Waals surface area contributed by atoms with Crippen LogP contribution < -0.4 is 10.6 Å². The number of hydrogen-bond donors (Lipinski definition) is 2. The Morgan fingerprint density at radius 3 is 2.65 bits per heavy atom. The van der Waals surface area contributed by atoms with E-state index in [1.807, 2.05) is 32.3 Å². The summed E-state index contributed by atoms with van der Waals surface area (Å²) in [4.78, 5) is 14.5. The Labute approximate surface area is 121 Å². The second-order valence-corrected chi connectivity index (χ2v) is 5.93. The fourth-order valence-electron chi connectivity index (χ4n) is 2.73. The van der Waals surface area contributed by atoms with Gasteiger partial charge in [-0.15, -0.1) is 0 Å². The number of carbonyl (C=O) groups is 1. The van der Waals surface area contributed by atoms with Crippen molar-refractivity contribution >= 4 is 5.91 Å². The Morgan fingerprint density at radius 1 is 1.40 bits per heavy atom. The molecule has 0 aliphatic carbocycles. The molecule has 0 saturated carbocycles. The average molecular weight is 275 g/mol. The van der Waals surface area contributed by atoms with E-state index in [4.69, 9.17) is 0 Å². The maximum absolute atomic E-state index is 12.4. The standard InChI is InChI=1S/C16H25N3O/c1-12-9-10-17-15(12)16(20)18-14(11-19(2)3)13-7-5-4-6-8-13/h4-8,12,14-15,17H,9-11H2,1-3H3,(H,18,20). The normalized spacial score (nSPS) is 23.8. The van der Waals surface area contributed by atoms with Gasteiger partial charge in [0.1, 0.15) is 0 Å². The summed E-state index contributed by atoms with van der Waals surface area (Å²) in [5.41, 5.74) is 1.15. The third-order valence-corrected chi connectivity index (χ3v) is 3.88. The van der Waals surface area contributed by atoms with E-state index >= 15 is 0 Å². The molecule has 1 aliphatic rings. The molecule has 4 nitrogen and oxygen atoms in total. The van der Waals surface area contributed by atoms with Crippen molar-refractivity contribution in [1.29, 1.82) is 0 Å². The maximum Gasteiger partial charge on any atom is 0.237 e. The van der Waals surface area contributed by atoms with Gasteiger partial charge < -0.3 is 15.5 Å². The number of carbonyl (C=O) groups excluding carboxylic acids is 1. The highest BCUT2D eigenvalue weighted by molar-refractivity contribution is 5.82. The van der Waals surface area contributed by atoms with Crippen LogP contribution in [-0.4, -0.2) is 44.0 Å². The molecule has 1 aromatic carbocycles. The molecule has 1 saturated heterocycles. The van der Waals surface area contributed by atoms with E-state index in [2.05, 4.69) is 34.6 Å². The van der Waals surface area contributed by atoms with Crippen LogP contribution in [0.5, 0.6) is 0 Å². The molecular formula is C16H25N3O. The lowest BCUT2D eigenvalue weighted by molar-refractivity contribution is -0.124. The topological polar surface area (TPSA) is 44.4 Å². The summed E-state index contributed by atoms with van der Waals surface area (Å²) in [6.07, 6.45) is 1.07. The van der Waals surface area contributed by atoms with Gasteiger partial charge in [-0.2, -0.15) is 0 Å². The van der Waals surface area contributed by atoms with Gasteiger partial charge in [-0.25, -0.2) is 0 Å². The van der Waals surface area contributed by atoms with Crippen molar-refractivity contribution in [2.45, 2.75) is 25.4 Å². The molecular weight excluding hydrogens is 250 g/mol. The predicted octanol–water partition coefficient (Wildman–Crippen LogP) is 1.40. The Kier molecular flexibility index (Phi) is 5.15. The van der Waals surface area contributed by atoms with Crippen LogP contribution in [0.25, 0.3) is 0 Å². The molecule has 3 atom stereocenters. The third-order valence-electron chi connectivity index (χ3n) is 3.88. The van der Waals surface area contributed by atoms with Crippen molar-refractivity contribution in [2.24, 2.45) is 5.92 Å². The van der Waals surface area contributed by atoms with Gasteiger partial charge in [0.25, 0.3) is 0 Å². The molecule has 4 heteroatoms. The fourth-order valence-corrected chi connectivity index (χ4v) is 2.73. The largest absolute Gasteiger partial charge is 0.347 e. The van der Waals surface area contributed by atoms with Crippen LogP contribution in [0, 0.1) is 5.92 Å². The average Bonchev–Trinajstić information content (AvgIpc) is 2.85. The van der Waals surface area contributed by atoms with Gasteiger partial charge in [-0.1, -0.05) is 37.3 Å². The second-order valence-electron chi connectivity index (χ2n) is 5.93. The monoisotopic (exact) mass is 275 g/mol. The predicted molar refractivity (Wildman–Crippen MR) is 81.5 cm³/mol. The molecule has 1 aliphatic heterocycles. The highest BCUT2D eigenvalue weighted by Crippen LogP contribution is 2.18. The summed E-state index contributed by atoms with van der Waals surface area (Å²) in [7, 11) is 4.05. The Balaban J connectivity index is 2.06. The van der Waals surface area contributed by atoms with E-state index in [0.717, 1.165) is 25.1 Å². The van der Waals surface area contributed by atoms with Gasteiger partial charge in [0.2, 0.25) is 5.91 Å².